The Hall–Kier alpha value is -1.34. The van der Waals surface area contributed by atoms with Gasteiger partial charge in [-0.15, -0.1) is 5.23 Å². The first-order chi connectivity index (χ1) is 6.38. The molecule has 6 heteroatoms. The van der Waals surface area contributed by atoms with Crippen LogP contribution in [0, 0.1) is 0 Å². The molecule has 0 unspecified atom stereocenters. The Labute approximate surface area is 80.6 Å². The average Bonchev–Trinajstić information content (AvgIpc) is 2.02. The summed E-state index contributed by atoms with van der Waals surface area (Å²) in [5.74, 6) is -2.00. The fraction of sp³-hybridized carbons (Fsp3) is 0.250. The van der Waals surface area contributed by atoms with Crippen molar-refractivity contribution in [3.8, 4) is 0 Å². The van der Waals surface area contributed by atoms with Gasteiger partial charge in [-0.2, -0.15) is 0 Å². The molecule has 78 valence electrons. The van der Waals surface area contributed by atoms with Crippen molar-refractivity contribution in [1.29, 1.82) is 0 Å². The van der Waals surface area contributed by atoms with Crippen LogP contribution in [0.1, 0.15) is 6.92 Å². The fourth-order valence-electron chi connectivity index (χ4n) is 0.952. The summed E-state index contributed by atoms with van der Waals surface area (Å²) in [6.07, 6.45) is 0. The Kier molecular flexibility index (Phi) is 2.92. The van der Waals surface area contributed by atoms with Crippen LogP contribution < -0.4 is 10.5 Å². The topological polar surface area (TPSA) is 96.2 Å². The first kappa shape index (κ1) is 10.7. The minimum absolute atomic E-state index is 0.0269. The van der Waals surface area contributed by atoms with Crippen molar-refractivity contribution in [3.05, 3.63) is 24.3 Å². The molecule has 0 fully saturated rings. The van der Waals surface area contributed by atoms with Crippen molar-refractivity contribution in [3.63, 3.8) is 0 Å². The van der Waals surface area contributed by atoms with E-state index in [9.17, 15) is 0 Å². The molecule has 1 aromatic rings. The second-order valence-electron chi connectivity index (χ2n) is 2.98. The maximum absolute atomic E-state index is 8.98. The minimum Gasteiger partial charge on any atom is -0.349 e. The van der Waals surface area contributed by atoms with E-state index in [0.717, 1.165) is 0 Å². The molecule has 0 aromatic heterocycles. The summed E-state index contributed by atoms with van der Waals surface area (Å²) in [7, 11) is 0. The molecular weight excluding hydrogens is 188 g/mol. The molecule has 0 atom stereocenters. The zero-order valence-corrected chi connectivity index (χ0v) is 7.55. The van der Waals surface area contributed by atoms with Crippen LogP contribution in [0.2, 0.25) is 0 Å². The van der Waals surface area contributed by atoms with Crippen LogP contribution >= 0.6 is 0 Å². The van der Waals surface area contributed by atoms with Crippen LogP contribution in [0.4, 0.5) is 11.4 Å². The lowest BCUT2D eigenvalue weighted by atomic mass is 10.3. The molecule has 0 aliphatic heterocycles. The third-order valence-corrected chi connectivity index (χ3v) is 1.48. The van der Waals surface area contributed by atoms with Gasteiger partial charge in [0.05, 0.1) is 5.69 Å². The van der Waals surface area contributed by atoms with Crippen LogP contribution in [0.5, 0.6) is 0 Å². The van der Waals surface area contributed by atoms with Gasteiger partial charge in [0.25, 0.3) is 0 Å². The van der Waals surface area contributed by atoms with E-state index in [1.165, 1.54) is 31.2 Å². The van der Waals surface area contributed by atoms with Gasteiger partial charge in [0.15, 0.2) is 0 Å². The lowest BCUT2D eigenvalue weighted by Crippen LogP contribution is -2.33. The molecular formula is C8H12N2O4. The average molecular weight is 200 g/mol. The maximum Gasteiger partial charge on any atom is 0.241 e. The maximum atomic E-state index is 8.98. The zero-order valence-electron chi connectivity index (χ0n) is 7.55. The normalized spacial score (nSPS) is 11.2. The fourth-order valence-corrected chi connectivity index (χ4v) is 0.952. The lowest BCUT2D eigenvalue weighted by molar-refractivity contribution is -0.118. The standard InChI is InChI=1S/C8H12N2O4/c1-8(11,12)9-6-2-4-7(5-3-6)10(13)14/h2-5,9,11-14H,1H3. The minimum atomic E-state index is -2.00. The number of nitrogens with zero attached hydrogens (tertiary/aromatic N) is 1. The van der Waals surface area contributed by atoms with Gasteiger partial charge in [-0.3, -0.25) is 10.4 Å². The Morgan fingerprint density at radius 1 is 1.14 bits per heavy atom. The number of benzene rings is 1. The first-order valence-corrected chi connectivity index (χ1v) is 3.89. The van der Waals surface area contributed by atoms with Gasteiger partial charge >= 0.3 is 0 Å². The zero-order chi connectivity index (χ0) is 10.8. The van der Waals surface area contributed by atoms with Crippen LogP contribution in [-0.2, 0) is 0 Å². The summed E-state index contributed by atoms with van der Waals surface area (Å²) in [5.41, 5.74) is 0.622. The molecule has 1 aromatic carbocycles. The predicted molar refractivity (Wildman–Crippen MR) is 49.0 cm³/mol. The van der Waals surface area contributed by atoms with Crippen molar-refractivity contribution in [1.82, 2.24) is 0 Å². The molecule has 1 rings (SSSR count). The lowest BCUT2D eigenvalue weighted by Gasteiger charge is -2.19. The van der Waals surface area contributed by atoms with E-state index in [1.54, 1.807) is 0 Å². The van der Waals surface area contributed by atoms with Crippen LogP contribution in [0.25, 0.3) is 0 Å². The molecule has 6 nitrogen and oxygen atoms in total. The van der Waals surface area contributed by atoms with Crippen molar-refractivity contribution in [2.24, 2.45) is 0 Å². The van der Waals surface area contributed by atoms with E-state index in [4.69, 9.17) is 20.6 Å². The van der Waals surface area contributed by atoms with E-state index in [1.807, 2.05) is 0 Å². The Balaban J connectivity index is 2.74. The molecule has 0 aliphatic carbocycles. The van der Waals surface area contributed by atoms with Crippen LogP contribution in [0.3, 0.4) is 0 Å². The molecule has 0 saturated heterocycles. The summed E-state index contributed by atoms with van der Waals surface area (Å²) in [5, 5.41) is 37.6. The van der Waals surface area contributed by atoms with Gasteiger partial charge in [0, 0.05) is 12.6 Å². The van der Waals surface area contributed by atoms with Crippen LogP contribution in [-0.4, -0.2) is 26.5 Å². The van der Waals surface area contributed by atoms with Gasteiger partial charge in [-0.05, 0) is 24.3 Å². The smallest absolute Gasteiger partial charge is 0.241 e. The van der Waals surface area contributed by atoms with Crippen molar-refractivity contribution < 1.29 is 20.6 Å². The van der Waals surface area contributed by atoms with E-state index >= 15 is 0 Å². The molecule has 0 spiro atoms. The Bertz CT molecular complexity index is 291. The predicted octanol–water partition coefficient (Wildman–Crippen LogP) is 0.342. The van der Waals surface area contributed by atoms with Gasteiger partial charge in [0.2, 0.25) is 5.91 Å². The number of anilines is 2. The molecule has 14 heavy (non-hydrogen) atoms. The van der Waals surface area contributed by atoms with E-state index < -0.39 is 5.91 Å². The number of rotatable bonds is 3. The van der Waals surface area contributed by atoms with Crippen molar-refractivity contribution in [2.45, 2.75) is 12.8 Å². The Morgan fingerprint density at radius 3 is 2.00 bits per heavy atom. The third kappa shape index (κ3) is 3.19. The van der Waals surface area contributed by atoms with Crippen molar-refractivity contribution in [2.75, 3.05) is 10.5 Å². The molecule has 0 aliphatic rings. The molecule has 0 radical (unpaired) electrons. The number of nitrogens with one attached hydrogen (secondary N) is 1. The van der Waals surface area contributed by atoms with E-state index in [0.29, 0.717) is 5.69 Å². The molecule has 0 heterocycles. The summed E-state index contributed by atoms with van der Waals surface area (Å²) in [4.78, 5) is 0. The highest BCUT2D eigenvalue weighted by molar-refractivity contribution is 5.53. The summed E-state index contributed by atoms with van der Waals surface area (Å²) in [6, 6.07) is 5.74. The molecule has 0 bridgehead atoms. The molecule has 5 N–H and O–H groups in total. The highest BCUT2D eigenvalue weighted by atomic mass is 16.8. The summed E-state index contributed by atoms with van der Waals surface area (Å²) >= 11 is 0. The summed E-state index contributed by atoms with van der Waals surface area (Å²) < 4.78 is 0. The van der Waals surface area contributed by atoms with Gasteiger partial charge in [-0.25, -0.2) is 0 Å². The third-order valence-electron chi connectivity index (χ3n) is 1.48. The number of hydrogen-bond acceptors (Lipinski definition) is 6. The second-order valence-corrected chi connectivity index (χ2v) is 2.98. The quantitative estimate of drug-likeness (QED) is 0.356. The van der Waals surface area contributed by atoms with E-state index in [2.05, 4.69) is 5.32 Å². The largest absolute Gasteiger partial charge is 0.349 e. The molecule has 0 saturated carbocycles. The highest BCUT2D eigenvalue weighted by Gasteiger charge is 2.13. The number of hydrogen-bond donors (Lipinski definition) is 5. The van der Waals surface area contributed by atoms with Crippen LogP contribution in [0.15, 0.2) is 24.3 Å². The van der Waals surface area contributed by atoms with Gasteiger partial charge in [-0.1, -0.05) is 0 Å². The molecule has 0 amide bonds. The van der Waals surface area contributed by atoms with E-state index in [-0.39, 0.29) is 10.9 Å². The number of aliphatic hydroxyl groups is 2. The SMILES string of the molecule is CC(O)(O)Nc1ccc(N(O)O)cc1. The summed E-state index contributed by atoms with van der Waals surface area (Å²) in [6.45, 7) is 1.17. The first-order valence-electron chi connectivity index (χ1n) is 3.89. The van der Waals surface area contributed by atoms with Crippen molar-refractivity contribution >= 4 is 11.4 Å². The monoisotopic (exact) mass is 200 g/mol. The highest BCUT2D eigenvalue weighted by Crippen LogP contribution is 2.17. The Morgan fingerprint density at radius 2 is 1.64 bits per heavy atom. The van der Waals surface area contributed by atoms with Gasteiger partial charge in [0.1, 0.15) is 0 Å². The second kappa shape index (κ2) is 3.81. The van der Waals surface area contributed by atoms with Gasteiger partial charge < -0.3 is 15.5 Å².